The summed E-state index contributed by atoms with van der Waals surface area (Å²) in [6.45, 7) is 4.91. The van der Waals surface area contributed by atoms with Gasteiger partial charge in [-0.25, -0.2) is 0 Å². The second-order valence-corrected chi connectivity index (χ2v) is 4.36. The first-order valence-corrected chi connectivity index (χ1v) is 6.04. The largest absolute Gasteiger partial charge is 0.324 e. The van der Waals surface area contributed by atoms with Crippen molar-refractivity contribution in [2.75, 3.05) is 32.0 Å². The van der Waals surface area contributed by atoms with Gasteiger partial charge in [-0.3, -0.25) is 4.79 Å². The zero-order valence-electron chi connectivity index (χ0n) is 10.4. The van der Waals surface area contributed by atoms with Crippen LogP contribution in [0.3, 0.4) is 0 Å². The number of amides is 1. The third-order valence-corrected chi connectivity index (χ3v) is 3.17. The fourth-order valence-electron chi connectivity index (χ4n) is 1.97. The van der Waals surface area contributed by atoms with Gasteiger partial charge in [0.25, 0.3) is 0 Å². The molecule has 1 aromatic rings. The molecule has 0 saturated carbocycles. The zero-order valence-corrected chi connectivity index (χ0v) is 10.4. The fourth-order valence-corrected chi connectivity index (χ4v) is 1.97. The monoisotopic (exact) mass is 233 g/mol. The topological polar surface area (TPSA) is 44.4 Å². The molecule has 92 valence electrons. The van der Waals surface area contributed by atoms with E-state index in [0.717, 1.165) is 30.9 Å². The molecule has 1 aromatic carbocycles. The van der Waals surface area contributed by atoms with Crippen LogP contribution in [0.4, 0.5) is 5.69 Å². The number of carbonyl (C=O) groups is 1. The second-order valence-electron chi connectivity index (χ2n) is 4.36. The Morgan fingerprint density at radius 1 is 1.41 bits per heavy atom. The minimum atomic E-state index is -0.198. The minimum Gasteiger partial charge on any atom is -0.324 e. The van der Waals surface area contributed by atoms with Gasteiger partial charge in [-0.05, 0) is 19.7 Å². The number of anilines is 1. The molecule has 1 atom stereocenters. The van der Waals surface area contributed by atoms with Crippen molar-refractivity contribution in [3.63, 3.8) is 0 Å². The molecular formula is C13H19N3O. The van der Waals surface area contributed by atoms with Crippen LogP contribution in [-0.4, -0.2) is 37.5 Å². The van der Waals surface area contributed by atoms with Crippen LogP contribution in [0.1, 0.15) is 18.5 Å². The van der Waals surface area contributed by atoms with E-state index in [1.54, 1.807) is 0 Å². The van der Waals surface area contributed by atoms with E-state index in [2.05, 4.69) is 29.5 Å². The maximum Gasteiger partial charge on any atom is 0.246 e. The number of rotatable bonds is 5. The smallest absolute Gasteiger partial charge is 0.246 e. The maximum absolute atomic E-state index is 11.8. The van der Waals surface area contributed by atoms with Gasteiger partial charge in [0.15, 0.2) is 0 Å². The van der Waals surface area contributed by atoms with Crippen LogP contribution >= 0.6 is 0 Å². The summed E-state index contributed by atoms with van der Waals surface area (Å²) in [5.41, 5.74) is 1.98. The van der Waals surface area contributed by atoms with Gasteiger partial charge in [0.2, 0.25) is 5.91 Å². The molecule has 1 unspecified atom stereocenters. The van der Waals surface area contributed by atoms with Crippen LogP contribution in [0.5, 0.6) is 0 Å². The van der Waals surface area contributed by atoms with E-state index in [1.807, 2.05) is 24.3 Å². The number of para-hydroxylation sites is 1. The fraction of sp³-hybridized carbons (Fsp3) is 0.462. The first kappa shape index (κ1) is 12.1. The molecule has 0 bridgehead atoms. The number of benzene rings is 1. The molecule has 2 N–H and O–H groups in total. The molecule has 4 heteroatoms. The van der Waals surface area contributed by atoms with Gasteiger partial charge in [0.1, 0.15) is 6.04 Å². The molecule has 1 aliphatic heterocycles. The number of nitrogens with one attached hydrogen (secondary N) is 2. The lowest BCUT2D eigenvalue weighted by atomic mass is 10.1. The summed E-state index contributed by atoms with van der Waals surface area (Å²) in [7, 11) is 2.07. The lowest BCUT2D eigenvalue weighted by molar-refractivity contribution is -0.117. The predicted octanol–water partition coefficient (Wildman–Crippen LogP) is 1.22. The molecule has 1 heterocycles. The van der Waals surface area contributed by atoms with Gasteiger partial charge < -0.3 is 15.5 Å². The van der Waals surface area contributed by atoms with Crippen LogP contribution in [0.15, 0.2) is 24.3 Å². The molecule has 17 heavy (non-hydrogen) atoms. The molecule has 1 aliphatic rings. The van der Waals surface area contributed by atoms with Crippen molar-refractivity contribution in [1.82, 2.24) is 10.2 Å². The van der Waals surface area contributed by atoms with Crippen LogP contribution < -0.4 is 10.6 Å². The van der Waals surface area contributed by atoms with E-state index in [9.17, 15) is 4.79 Å². The Kier molecular flexibility index (Phi) is 3.76. The lowest BCUT2D eigenvalue weighted by Crippen LogP contribution is -2.34. The van der Waals surface area contributed by atoms with E-state index in [1.165, 1.54) is 0 Å². The normalized spacial score (nSPS) is 18.3. The molecule has 0 fully saturated rings. The third kappa shape index (κ3) is 2.65. The first-order valence-electron chi connectivity index (χ1n) is 6.04. The van der Waals surface area contributed by atoms with Gasteiger partial charge in [0, 0.05) is 24.3 Å². The van der Waals surface area contributed by atoms with E-state index in [-0.39, 0.29) is 11.9 Å². The quantitative estimate of drug-likeness (QED) is 0.803. The van der Waals surface area contributed by atoms with Crippen molar-refractivity contribution >= 4 is 11.6 Å². The predicted molar refractivity (Wildman–Crippen MR) is 69.0 cm³/mol. The van der Waals surface area contributed by atoms with Crippen molar-refractivity contribution < 1.29 is 4.79 Å². The Morgan fingerprint density at radius 3 is 2.94 bits per heavy atom. The summed E-state index contributed by atoms with van der Waals surface area (Å²) in [5, 5.41) is 6.18. The number of nitrogens with zero attached hydrogens (tertiary/aromatic N) is 1. The summed E-state index contributed by atoms with van der Waals surface area (Å²) in [6, 6.07) is 7.64. The summed E-state index contributed by atoms with van der Waals surface area (Å²) >= 11 is 0. The summed E-state index contributed by atoms with van der Waals surface area (Å²) in [5.74, 6) is 0.0466. The highest BCUT2D eigenvalue weighted by atomic mass is 16.2. The van der Waals surface area contributed by atoms with Crippen LogP contribution in [0.25, 0.3) is 0 Å². The number of hydrogen-bond donors (Lipinski definition) is 2. The van der Waals surface area contributed by atoms with Gasteiger partial charge in [0.05, 0.1) is 0 Å². The second kappa shape index (κ2) is 5.29. The van der Waals surface area contributed by atoms with Crippen LogP contribution in [0, 0.1) is 0 Å². The molecular weight excluding hydrogens is 214 g/mol. The Morgan fingerprint density at radius 2 is 2.18 bits per heavy atom. The standard InChI is InChI=1S/C13H19N3O/c1-3-16(2)9-8-14-12-10-6-4-5-7-11(10)15-13(12)17/h4-7,12,14H,3,8-9H2,1-2H3,(H,15,17). The van der Waals surface area contributed by atoms with Gasteiger partial charge >= 0.3 is 0 Å². The maximum atomic E-state index is 11.8. The Bertz CT molecular complexity index is 405. The molecule has 2 rings (SSSR count). The van der Waals surface area contributed by atoms with E-state index in [0.29, 0.717) is 0 Å². The lowest BCUT2D eigenvalue weighted by Gasteiger charge is -2.16. The van der Waals surface area contributed by atoms with Crippen molar-refractivity contribution in [2.45, 2.75) is 13.0 Å². The Labute approximate surface area is 102 Å². The summed E-state index contributed by atoms with van der Waals surface area (Å²) < 4.78 is 0. The Balaban J connectivity index is 1.95. The van der Waals surface area contributed by atoms with E-state index >= 15 is 0 Å². The first-order chi connectivity index (χ1) is 8.22. The van der Waals surface area contributed by atoms with Crippen molar-refractivity contribution in [1.29, 1.82) is 0 Å². The molecule has 0 radical (unpaired) electrons. The number of likely N-dealkylation sites (N-methyl/N-ethyl adjacent to an activating group) is 1. The number of carbonyl (C=O) groups excluding carboxylic acids is 1. The van der Waals surface area contributed by atoms with Crippen molar-refractivity contribution in [3.8, 4) is 0 Å². The van der Waals surface area contributed by atoms with E-state index in [4.69, 9.17) is 0 Å². The average molecular weight is 233 g/mol. The summed E-state index contributed by atoms with van der Waals surface area (Å²) in [4.78, 5) is 14.0. The van der Waals surface area contributed by atoms with Crippen LogP contribution in [0.2, 0.25) is 0 Å². The highest BCUT2D eigenvalue weighted by molar-refractivity contribution is 6.02. The molecule has 0 saturated heterocycles. The van der Waals surface area contributed by atoms with E-state index < -0.39 is 0 Å². The Hall–Kier alpha value is -1.39. The highest BCUT2D eigenvalue weighted by Gasteiger charge is 2.29. The minimum absolute atomic E-state index is 0.0466. The third-order valence-electron chi connectivity index (χ3n) is 3.17. The number of hydrogen-bond acceptors (Lipinski definition) is 3. The van der Waals surface area contributed by atoms with Crippen molar-refractivity contribution in [3.05, 3.63) is 29.8 Å². The van der Waals surface area contributed by atoms with Crippen molar-refractivity contribution in [2.24, 2.45) is 0 Å². The highest BCUT2D eigenvalue weighted by Crippen LogP contribution is 2.29. The molecule has 0 aliphatic carbocycles. The van der Waals surface area contributed by atoms with Gasteiger partial charge in [-0.1, -0.05) is 25.1 Å². The number of fused-ring (bicyclic) bond motifs is 1. The average Bonchev–Trinajstić information content (AvgIpc) is 2.66. The molecule has 1 amide bonds. The SMILES string of the molecule is CCN(C)CCNC1C(=O)Nc2ccccc21. The zero-order chi connectivity index (χ0) is 12.3. The van der Waals surface area contributed by atoms with Gasteiger partial charge in [-0.15, -0.1) is 0 Å². The summed E-state index contributed by atoms with van der Waals surface area (Å²) in [6.07, 6.45) is 0. The van der Waals surface area contributed by atoms with Crippen LogP contribution in [-0.2, 0) is 4.79 Å². The molecule has 0 spiro atoms. The molecule has 0 aromatic heterocycles. The van der Waals surface area contributed by atoms with Gasteiger partial charge in [-0.2, -0.15) is 0 Å². The molecule has 4 nitrogen and oxygen atoms in total.